The number of thiophene rings is 1. The molecule has 8 nitrogen and oxygen atoms in total. The Hall–Kier alpha value is -2.56. The number of hydrogen-bond donors (Lipinski definition) is 1. The standard InChI is InChI=1S/C20H22N4O4S2/c25-18(21-11-10-16-5-4-14-29-16)20-23-22-19(28-20)15-6-8-17(9-7-15)30(26,27)24-12-2-1-3-13-24/h4-9,14H,1-3,10-13H2,(H,21,25). The van der Waals surface area contributed by atoms with Crippen molar-refractivity contribution in [2.45, 2.75) is 30.6 Å². The molecule has 0 atom stereocenters. The highest BCUT2D eigenvalue weighted by atomic mass is 32.2. The van der Waals surface area contributed by atoms with Crippen LogP contribution >= 0.6 is 11.3 Å². The molecule has 0 aliphatic carbocycles. The summed E-state index contributed by atoms with van der Waals surface area (Å²) in [6, 6.07) is 10.3. The average molecular weight is 447 g/mol. The molecule has 1 amide bonds. The van der Waals surface area contributed by atoms with Crippen LogP contribution in [0.5, 0.6) is 0 Å². The van der Waals surface area contributed by atoms with E-state index in [9.17, 15) is 13.2 Å². The number of carbonyl (C=O) groups is 1. The maximum absolute atomic E-state index is 12.7. The van der Waals surface area contributed by atoms with E-state index in [1.807, 2.05) is 17.5 Å². The third kappa shape index (κ3) is 4.61. The lowest BCUT2D eigenvalue weighted by molar-refractivity contribution is 0.0920. The lowest BCUT2D eigenvalue weighted by Crippen LogP contribution is -2.35. The van der Waals surface area contributed by atoms with Crippen LogP contribution in [0.3, 0.4) is 0 Å². The zero-order valence-corrected chi connectivity index (χ0v) is 17.9. The highest BCUT2D eigenvalue weighted by Gasteiger charge is 2.26. The van der Waals surface area contributed by atoms with Gasteiger partial charge < -0.3 is 9.73 Å². The second kappa shape index (κ2) is 9.07. The molecule has 0 saturated carbocycles. The topological polar surface area (TPSA) is 105 Å². The monoisotopic (exact) mass is 446 g/mol. The van der Waals surface area contributed by atoms with Crippen LogP contribution in [0.4, 0.5) is 0 Å². The van der Waals surface area contributed by atoms with Gasteiger partial charge in [-0.15, -0.1) is 21.5 Å². The van der Waals surface area contributed by atoms with Gasteiger partial charge in [0, 0.05) is 30.1 Å². The predicted molar refractivity (Wildman–Crippen MR) is 113 cm³/mol. The van der Waals surface area contributed by atoms with E-state index in [1.165, 1.54) is 21.3 Å². The van der Waals surface area contributed by atoms with Gasteiger partial charge in [-0.05, 0) is 55.0 Å². The second-order valence-electron chi connectivity index (χ2n) is 6.99. The first-order chi connectivity index (χ1) is 14.5. The molecule has 0 spiro atoms. The van der Waals surface area contributed by atoms with Crippen molar-refractivity contribution < 1.29 is 17.6 Å². The van der Waals surface area contributed by atoms with Gasteiger partial charge in [0.2, 0.25) is 15.9 Å². The number of amides is 1. The number of sulfonamides is 1. The van der Waals surface area contributed by atoms with Crippen LogP contribution in [0.15, 0.2) is 51.1 Å². The van der Waals surface area contributed by atoms with Gasteiger partial charge in [0.15, 0.2) is 0 Å². The van der Waals surface area contributed by atoms with Crippen LogP contribution in [0, 0.1) is 0 Å². The van der Waals surface area contributed by atoms with Crippen molar-refractivity contribution in [1.82, 2.24) is 19.8 Å². The largest absolute Gasteiger partial charge is 0.412 e. The summed E-state index contributed by atoms with van der Waals surface area (Å²) < 4.78 is 32.5. The molecule has 2 aromatic heterocycles. The molecule has 3 heterocycles. The molecule has 30 heavy (non-hydrogen) atoms. The van der Waals surface area contributed by atoms with Gasteiger partial charge in [0.25, 0.3) is 0 Å². The van der Waals surface area contributed by atoms with Gasteiger partial charge in [-0.3, -0.25) is 4.79 Å². The predicted octanol–water partition coefficient (Wildman–Crippen LogP) is 2.95. The Bertz CT molecular complexity index is 1090. The van der Waals surface area contributed by atoms with E-state index in [2.05, 4.69) is 15.5 Å². The van der Waals surface area contributed by atoms with Crippen molar-refractivity contribution >= 4 is 27.3 Å². The highest BCUT2D eigenvalue weighted by Crippen LogP contribution is 2.24. The van der Waals surface area contributed by atoms with Crippen molar-refractivity contribution in [1.29, 1.82) is 0 Å². The fraction of sp³-hybridized carbons (Fsp3) is 0.350. The Kier molecular flexibility index (Phi) is 6.26. The molecule has 158 valence electrons. The molecule has 1 saturated heterocycles. The molecule has 1 aromatic carbocycles. The minimum absolute atomic E-state index is 0.124. The molecule has 1 aliphatic rings. The van der Waals surface area contributed by atoms with E-state index >= 15 is 0 Å². The maximum Gasteiger partial charge on any atom is 0.308 e. The molecule has 0 radical (unpaired) electrons. The third-order valence-electron chi connectivity index (χ3n) is 4.91. The van der Waals surface area contributed by atoms with E-state index in [0.717, 1.165) is 25.7 Å². The molecule has 4 rings (SSSR count). The zero-order valence-electron chi connectivity index (χ0n) is 16.3. The highest BCUT2D eigenvalue weighted by molar-refractivity contribution is 7.89. The van der Waals surface area contributed by atoms with Gasteiger partial charge in [0.05, 0.1) is 4.90 Å². The van der Waals surface area contributed by atoms with Gasteiger partial charge in [-0.1, -0.05) is 12.5 Å². The number of rotatable bonds is 7. The number of nitrogens with one attached hydrogen (secondary N) is 1. The molecule has 0 unspecified atom stereocenters. The Morgan fingerprint density at radius 3 is 2.57 bits per heavy atom. The van der Waals surface area contributed by atoms with E-state index < -0.39 is 15.9 Å². The lowest BCUT2D eigenvalue weighted by Gasteiger charge is -2.25. The van der Waals surface area contributed by atoms with Crippen molar-refractivity contribution in [3.05, 3.63) is 52.5 Å². The van der Waals surface area contributed by atoms with Crippen LogP contribution in [0.25, 0.3) is 11.5 Å². The Morgan fingerprint density at radius 1 is 1.10 bits per heavy atom. The first kappa shape index (κ1) is 20.7. The molecular weight excluding hydrogens is 424 g/mol. The summed E-state index contributed by atoms with van der Waals surface area (Å²) in [6.07, 6.45) is 3.57. The lowest BCUT2D eigenvalue weighted by atomic mass is 10.2. The average Bonchev–Trinajstić information content (AvgIpc) is 3.47. The third-order valence-corrected chi connectivity index (χ3v) is 7.76. The van der Waals surface area contributed by atoms with Gasteiger partial charge >= 0.3 is 11.8 Å². The van der Waals surface area contributed by atoms with E-state index in [1.54, 1.807) is 23.5 Å². The summed E-state index contributed by atoms with van der Waals surface area (Å²) in [5, 5.41) is 12.5. The van der Waals surface area contributed by atoms with Crippen LogP contribution in [-0.2, 0) is 16.4 Å². The molecule has 1 fully saturated rings. The first-order valence-corrected chi connectivity index (χ1v) is 12.1. The normalized spacial score (nSPS) is 15.2. The van der Waals surface area contributed by atoms with E-state index in [4.69, 9.17) is 4.42 Å². The molecule has 1 aliphatic heterocycles. The van der Waals surface area contributed by atoms with Gasteiger partial charge in [0.1, 0.15) is 0 Å². The van der Waals surface area contributed by atoms with Crippen LogP contribution in [0.1, 0.15) is 34.8 Å². The number of aromatic nitrogens is 2. The summed E-state index contributed by atoms with van der Waals surface area (Å²) in [5.74, 6) is -0.392. The van der Waals surface area contributed by atoms with Crippen molar-refractivity contribution in [2.24, 2.45) is 0 Å². The summed E-state index contributed by atoms with van der Waals surface area (Å²) in [4.78, 5) is 13.6. The fourth-order valence-corrected chi connectivity index (χ4v) is 5.51. The molecule has 10 heteroatoms. The molecular formula is C20H22N4O4S2. The van der Waals surface area contributed by atoms with Gasteiger partial charge in [-0.25, -0.2) is 8.42 Å². The molecule has 1 N–H and O–H groups in total. The Labute approximate surface area is 179 Å². The van der Waals surface area contributed by atoms with Crippen LogP contribution in [-0.4, -0.2) is 48.5 Å². The Morgan fingerprint density at radius 2 is 1.87 bits per heavy atom. The molecule has 3 aromatic rings. The summed E-state index contributed by atoms with van der Waals surface area (Å²) in [6.45, 7) is 1.58. The van der Waals surface area contributed by atoms with E-state index in [-0.39, 0.29) is 16.7 Å². The number of benzene rings is 1. The number of nitrogens with zero attached hydrogens (tertiary/aromatic N) is 3. The molecule has 0 bridgehead atoms. The minimum atomic E-state index is -3.49. The smallest absolute Gasteiger partial charge is 0.308 e. The Balaban J connectivity index is 1.40. The van der Waals surface area contributed by atoms with E-state index in [0.29, 0.717) is 25.2 Å². The number of hydrogen-bond acceptors (Lipinski definition) is 7. The van der Waals surface area contributed by atoms with Crippen molar-refractivity contribution in [3.63, 3.8) is 0 Å². The summed E-state index contributed by atoms with van der Waals surface area (Å²) in [7, 11) is -3.49. The summed E-state index contributed by atoms with van der Waals surface area (Å²) >= 11 is 1.64. The number of piperidine rings is 1. The van der Waals surface area contributed by atoms with Crippen LogP contribution in [0.2, 0.25) is 0 Å². The van der Waals surface area contributed by atoms with Gasteiger partial charge in [-0.2, -0.15) is 4.31 Å². The SMILES string of the molecule is O=C(NCCc1cccs1)c1nnc(-c2ccc(S(=O)(=O)N3CCCCC3)cc2)o1. The zero-order chi connectivity index (χ0) is 21.0. The van der Waals surface area contributed by atoms with Crippen molar-refractivity contribution in [3.8, 4) is 11.5 Å². The first-order valence-electron chi connectivity index (χ1n) is 9.79. The quantitative estimate of drug-likeness (QED) is 0.598. The maximum atomic E-state index is 12.7. The minimum Gasteiger partial charge on any atom is -0.412 e. The second-order valence-corrected chi connectivity index (χ2v) is 9.96. The summed E-state index contributed by atoms with van der Waals surface area (Å²) in [5.41, 5.74) is 0.553. The fourth-order valence-electron chi connectivity index (χ4n) is 3.29. The van der Waals surface area contributed by atoms with Crippen LogP contribution < -0.4 is 5.32 Å². The van der Waals surface area contributed by atoms with Crippen molar-refractivity contribution in [2.75, 3.05) is 19.6 Å². The number of carbonyl (C=O) groups excluding carboxylic acids is 1.